The van der Waals surface area contributed by atoms with Crippen molar-refractivity contribution in [2.24, 2.45) is 0 Å². The third-order valence-corrected chi connectivity index (χ3v) is 6.80. The van der Waals surface area contributed by atoms with Gasteiger partial charge in [-0.15, -0.1) is 22.7 Å². The summed E-state index contributed by atoms with van der Waals surface area (Å²) in [6.07, 6.45) is -5.30. The van der Waals surface area contributed by atoms with E-state index in [9.17, 15) is 27.6 Å². The van der Waals surface area contributed by atoms with Crippen molar-refractivity contribution in [2.45, 2.75) is 19.0 Å². The number of carbonyl (C=O) groups is 3. The van der Waals surface area contributed by atoms with E-state index in [4.69, 9.17) is 5.11 Å². The number of benzene rings is 1. The van der Waals surface area contributed by atoms with Crippen LogP contribution in [0.25, 0.3) is 20.8 Å². The molecule has 0 aliphatic carbocycles. The van der Waals surface area contributed by atoms with Crippen LogP contribution in [0.4, 0.5) is 24.5 Å². The average molecular weight is 520 g/mol. The van der Waals surface area contributed by atoms with E-state index >= 15 is 0 Å². The molecule has 3 heterocycles. The smallest absolute Gasteiger partial charge is 0.416 e. The number of anilines is 2. The predicted molar refractivity (Wildman–Crippen MR) is 128 cm³/mol. The van der Waals surface area contributed by atoms with Crippen LogP contribution in [-0.2, 0) is 15.8 Å². The summed E-state index contributed by atoms with van der Waals surface area (Å²) in [4.78, 5) is 42.2. The summed E-state index contributed by atoms with van der Waals surface area (Å²) in [6, 6.07) is 11.3. The Morgan fingerprint density at radius 3 is 2.49 bits per heavy atom. The Morgan fingerprint density at radius 2 is 1.80 bits per heavy atom. The molecule has 7 nitrogen and oxygen atoms in total. The van der Waals surface area contributed by atoms with Gasteiger partial charge in [0.25, 0.3) is 5.91 Å². The molecule has 0 saturated heterocycles. The van der Waals surface area contributed by atoms with E-state index < -0.39 is 35.9 Å². The minimum Gasteiger partial charge on any atom is -0.481 e. The fraction of sp³-hybridized carbons (Fsp3) is 0.130. The molecule has 0 radical (unpaired) electrons. The molecule has 3 N–H and O–H groups in total. The van der Waals surface area contributed by atoms with E-state index in [1.807, 2.05) is 17.5 Å². The van der Waals surface area contributed by atoms with E-state index in [0.717, 1.165) is 28.3 Å². The molecular weight excluding hydrogens is 503 g/mol. The molecular formula is C23H16F3N3O4S2. The minimum absolute atomic E-state index is 0.0249. The van der Waals surface area contributed by atoms with Gasteiger partial charge < -0.3 is 15.7 Å². The van der Waals surface area contributed by atoms with Crippen LogP contribution in [0, 0.1) is 0 Å². The Balaban J connectivity index is 1.70. The van der Waals surface area contributed by atoms with Gasteiger partial charge >= 0.3 is 12.1 Å². The number of hydrogen-bond donors (Lipinski definition) is 3. The SMILES string of the molecule is O=C(O)CCC(=O)Nc1c(C(=O)Nc2cccc(C(F)(F)F)c2)sc2nc(-c3cccs3)ccc12. The Hall–Kier alpha value is -3.77. The zero-order valence-electron chi connectivity index (χ0n) is 17.7. The molecule has 0 aliphatic rings. The molecule has 0 bridgehead atoms. The van der Waals surface area contributed by atoms with Crippen molar-refractivity contribution < 1.29 is 32.7 Å². The highest BCUT2D eigenvalue weighted by Gasteiger charge is 2.31. The van der Waals surface area contributed by atoms with Gasteiger partial charge in [-0.1, -0.05) is 12.1 Å². The van der Waals surface area contributed by atoms with Gasteiger partial charge in [0.05, 0.1) is 28.2 Å². The molecule has 35 heavy (non-hydrogen) atoms. The van der Waals surface area contributed by atoms with Gasteiger partial charge in [-0.25, -0.2) is 4.98 Å². The molecule has 4 aromatic rings. The van der Waals surface area contributed by atoms with Gasteiger partial charge in [0.1, 0.15) is 9.71 Å². The zero-order chi connectivity index (χ0) is 25.2. The van der Waals surface area contributed by atoms with Crippen molar-refractivity contribution in [3.05, 3.63) is 64.4 Å². The maximum atomic E-state index is 13.1. The van der Waals surface area contributed by atoms with Crippen LogP contribution in [0.3, 0.4) is 0 Å². The molecule has 180 valence electrons. The lowest BCUT2D eigenvalue weighted by molar-refractivity contribution is -0.138. The maximum absolute atomic E-state index is 13.1. The number of rotatable bonds is 7. The lowest BCUT2D eigenvalue weighted by atomic mass is 10.2. The number of thiophene rings is 2. The highest BCUT2D eigenvalue weighted by atomic mass is 32.1. The molecule has 2 amide bonds. The van der Waals surface area contributed by atoms with Crippen LogP contribution in [0.2, 0.25) is 0 Å². The van der Waals surface area contributed by atoms with Crippen molar-refractivity contribution in [2.75, 3.05) is 10.6 Å². The zero-order valence-corrected chi connectivity index (χ0v) is 19.3. The van der Waals surface area contributed by atoms with Crippen molar-refractivity contribution >= 4 is 62.0 Å². The van der Waals surface area contributed by atoms with Gasteiger partial charge in [-0.3, -0.25) is 14.4 Å². The monoisotopic (exact) mass is 519 g/mol. The summed E-state index contributed by atoms with van der Waals surface area (Å²) in [5.41, 5.74) is -0.216. The molecule has 0 aliphatic heterocycles. The van der Waals surface area contributed by atoms with E-state index in [0.29, 0.717) is 15.9 Å². The number of carbonyl (C=O) groups excluding carboxylic acids is 2. The fourth-order valence-electron chi connectivity index (χ4n) is 3.21. The van der Waals surface area contributed by atoms with Crippen LogP contribution >= 0.6 is 22.7 Å². The highest BCUT2D eigenvalue weighted by molar-refractivity contribution is 7.21. The third kappa shape index (κ3) is 5.66. The number of nitrogens with one attached hydrogen (secondary N) is 2. The second-order valence-electron chi connectivity index (χ2n) is 7.31. The normalized spacial score (nSPS) is 11.4. The average Bonchev–Trinajstić information content (AvgIpc) is 3.46. The van der Waals surface area contributed by atoms with Crippen LogP contribution in [0.5, 0.6) is 0 Å². The Kier molecular flexibility index (Phi) is 6.85. The quantitative estimate of drug-likeness (QED) is 0.273. The molecule has 0 spiro atoms. The number of halogens is 3. The number of amides is 2. The number of alkyl halides is 3. The maximum Gasteiger partial charge on any atom is 0.416 e. The van der Waals surface area contributed by atoms with Gasteiger partial charge in [0, 0.05) is 17.5 Å². The summed E-state index contributed by atoms with van der Waals surface area (Å²) in [5, 5.41) is 16.2. The number of aliphatic carboxylic acids is 1. The number of fused-ring (bicyclic) bond motifs is 1. The van der Waals surface area contributed by atoms with Crippen LogP contribution in [-0.4, -0.2) is 27.9 Å². The number of carboxylic acid groups (broad SMARTS) is 1. The largest absolute Gasteiger partial charge is 0.481 e. The molecule has 4 rings (SSSR count). The van der Waals surface area contributed by atoms with Gasteiger partial charge in [0.15, 0.2) is 0 Å². The number of hydrogen-bond acceptors (Lipinski definition) is 6. The molecule has 1 aromatic carbocycles. The number of carboxylic acids is 1. The second-order valence-corrected chi connectivity index (χ2v) is 9.25. The molecule has 3 aromatic heterocycles. The Bertz CT molecular complexity index is 1420. The van der Waals surface area contributed by atoms with Gasteiger partial charge in [-0.2, -0.15) is 13.2 Å². The van der Waals surface area contributed by atoms with Gasteiger partial charge in [0.2, 0.25) is 5.91 Å². The van der Waals surface area contributed by atoms with Crippen molar-refractivity contribution in [3.63, 3.8) is 0 Å². The van der Waals surface area contributed by atoms with E-state index in [1.54, 1.807) is 12.1 Å². The number of aromatic nitrogens is 1. The minimum atomic E-state index is -4.58. The number of pyridine rings is 1. The molecule has 0 saturated carbocycles. The van der Waals surface area contributed by atoms with E-state index in [2.05, 4.69) is 15.6 Å². The Labute approximate surface area is 204 Å². The standard InChI is InChI=1S/C23H16F3N3O4S2/c24-23(25,26)12-3-1-4-13(11-12)27-21(33)20-19(29-17(30)8-9-18(31)32)14-6-7-15(28-22(14)35-20)16-5-2-10-34-16/h1-7,10-11H,8-9H2,(H,27,33)(H,29,30)(H,31,32). The van der Waals surface area contributed by atoms with E-state index in [-0.39, 0.29) is 22.7 Å². The summed E-state index contributed by atoms with van der Waals surface area (Å²) in [5.74, 6) is -2.51. The first-order valence-electron chi connectivity index (χ1n) is 10.1. The van der Waals surface area contributed by atoms with Crippen LogP contribution < -0.4 is 10.6 Å². The molecule has 0 fully saturated rings. The van der Waals surface area contributed by atoms with Crippen LogP contribution in [0.15, 0.2) is 53.9 Å². The third-order valence-electron chi connectivity index (χ3n) is 4.81. The first kappa shape index (κ1) is 24.4. The fourth-order valence-corrected chi connectivity index (χ4v) is 4.93. The second kappa shape index (κ2) is 9.84. The Morgan fingerprint density at radius 1 is 1.00 bits per heavy atom. The van der Waals surface area contributed by atoms with Crippen LogP contribution in [0.1, 0.15) is 28.1 Å². The van der Waals surface area contributed by atoms with Gasteiger partial charge in [-0.05, 0) is 41.8 Å². The first-order valence-corrected chi connectivity index (χ1v) is 11.8. The van der Waals surface area contributed by atoms with Crippen molar-refractivity contribution in [1.82, 2.24) is 4.98 Å². The molecule has 12 heteroatoms. The summed E-state index contributed by atoms with van der Waals surface area (Å²) in [6.45, 7) is 0. The lowest BCUT2D eigenvalue weighted by Crippen LogP contribution is -2.17. The van der Waals surface area contributed by atoms with Crippen molar-refractivity contribution in [3.8, 4) is 10.6 Å². The summed E-state index contributed by atoms with van der Waals surface area (Å²) in [7, 11) is 0. The topological polar surface area (TPSA) is 108 Å². The number of nitrogens with zero attached hydrogens (tertiary/aromatic N) is 1. The molecule has 0 atom stereocenters. The summed E-state index contributed by atoms with van der Waals surface area (Å²) < 4.78 is 39.2. The predicted octanol–water partition coefficient (Wildman–Crippen LogP) is 6.10. The summed E-state index contributed by atoms with van der Waals surface area (Å²) >= 11 is 2.44. The van der Waals surface area contributed by atoms with Crippen molar-refractivity contribution in [1.29, 1.82) is 0 Å². The first-order chi connectivity index (χ1) is 16.6. The highest BCUT2D eigenvalue weighted by Crippen LogP contribution is 2.38. The lowest BCUT2D eigenvalue weighted by Gasteiger charge is -2.10. The van der Waals surface area contributed by atoms with E-state index in [1.165, 1.54) is 23.5 Å². The molecule has 0 unspecified atom stereocenters.